The number of carbonyl (C=O) groups excluding carboxylic acids is 1. The number of hydrogen-bond donors (Lipinski definition) is 1. The van der Waals surface area contributed by atoms with Crippen LogP contribution in [-0.4, -0.2) is 30.8 Å². The number of hydrogen-bond acceptors (Lipinski definition) is 6. The first kappa shape index (κ1) is 21.2. The van der Waals surface area contributed by atoms with Gasteiger partial charge in [-0.25, -0.2) is 4.98 Å². The summed E-state index contributed by atoms with van der Waals surface area (Å²) in [4.78, 5) is 20.1. The van der Waals surface area contributed by atoms with Crippen LogP contribution in [0.2, 0.25) is 0 Å². The topological polar surface area (TPSA) is 54.5 Å². The van der Waals surface area contributed by atoms with Crippen molar-refractivity contribution in [2.45, 2.75) is 19.9 Å². The first-order chi connectivity index (χ1) is 14.1. The van der Waals surface area contributed by atoms with Crippen molar-refractivity contribution in [2.24, 2.45) is 0 Å². The van der Waals surface area contributed by atoms with Gasteiger partial charge < -0.3 is 9.64 Å². The summed E-state index contributed by atoms with van der Waals surface area (Å²) in [6, 6.07) is 18.4. The van der Waals surface area contributed by atoms with Gasteiger partial charge >= 0.3 is 0 Å². The van der Waals surface area contributed by atoms with Gasteiger partial charge in [-0.1, -0.05) is 54.4 Å². The molecule has 29 heavy (non-hydrogen) atoms. The maximum Gasteiger partial charge on any atom is 0.280 e. The molecule has 1 N–H and O–H groups in total. The predicted molar refractivity (Wildman–Crippen MR) is 122 cm³/mol. The molecule has 0 aliphatic carbocycles. The zero-order valence-corrected chi connectivity index (χ0v) is 18.5. The summed E-state index contributed by atoms with van der Waals surface area (Å²) >= 11 is 2.84. The van der Waals surface area contributed by atoms with Crippen LogP contribution in [0, 0.1) is 6.92 Å². The van der Waals surface area contributed by atoms with E-state index in [1.165, 1.54) is 23.1 Å². The van der Waals surface area contributed by atoms with E-state index in [2.05, 4.69) is 38.9 Å². The van der Waals surface area contributed by atoms with E-state index in [0.29, 0.717) is 5.69 Å². The third-order valence-corrected chi connectivity index (χ3v) is 5.91. The molecule has 1 heterocycles. The number of thiazole rings is 1. The summed E-state index contributed by atoms with van der Waals surface area (Å²) in [5.41, 5.74) is 2.91. The minimum atomic E-state index is -0.148. The van der Waals surface area contributed by atoms with Gasteiger partial charge in [0.25, 0.3) is 5.91 Å². The third kappa shape index (κ3) is 5.74. The van der Waals surface area contributed by atoms with E-state index >= 15 is 0 Å². The van der Waals surface area contributed by atoms with E-state index in [-0.39, 0.29) is 5.91 Å². The fraction of sp³-hybridized carbons (Fsp3) is 0.273. The van der Waals surface area contributed by atoms with E-state index in [0.717, 1.165) is 35.3 Å². The number of aryl methyl sites for hydroxylation is 1. The Morgan fingerprint density at radius 1 is 1.17 bits per heavy atom. The highest BCUT2D eigenvalue weighted by Crippen LogP contribution is 2.28. The van der Waals surface area contributed by atoms with Crippen LogP contribution in [0.3, 0.4) is 0 Å². The number of nitrogens with one attached hydrogen (secondary N) is 1. The largest absolute Gasteiger partial charge is 0.497 e. The van der Waals surface area contributed by atoms with Crippen LogP contribution in [0.25, 0.3) is 0 Å². The van der Waals surface area contributed by atoms with Crippen LogP contribution in [0.4, 0.5) is 5.13 Å². The molecule has 3 rings (SSSR count). The quantitative estimate of drug-likeness (QED) is 0.501. The van der Waals surface area contributed by atoms with Crippen LogP contribution in [-0.2, 0) is 13.0 Å². The van der Waals surface area contributed by atoms with Gasteiger partial charge in [0.2, 0.25) is 0 Å². The molecule has 0 atom stereocenters. The molecule has 0 aliphatic rings. The number of anilines is 1. The van der Waals surface area contributed by atoms with Gasteiger partial charge in [0.15, 0.2) is 5.13 Å². The van der Waals surface area contributed by atoms with Gasteiger partial charge in [0, 0.05) is 24.2 Å². The molecule has 2 aromatic carbocycles. The van der Waals surface area contributed by atoms with Crippen molar-refractivity contribution < 1.29 is 9.53 Å². The average Bonchev–Trinajstić information content (AvgIpc) is 3.14. The molecule has 0 aliphatic heterocycles. The summed E-state index contributed by atoms with van der Waals surface area (Å²) < 4.78 is 8.10. The van der Waals surface area contributed by atoms with Crippen molar-refractivity contribution in [1.29, 1.82) is 0 Å². The Bertz CT molecular complexity index is 944. The van der Waals surface area contributed by atoms with Crippen molar-refractivity contribution in [3.8, 4) is 5.75 Å². The Morgan fingerprint density at radius 2 is 1.93 bits per heavy atom. The Balaban J connectivity index is 1.83. The molecule has 1 aromatic heterocycles. The van der Waals surface area contributed by atoms with Crippen molar-refractivity contribution in [3.05, 3.63) is 76.3 Å². The van der Waals surface area contributed by atoms with E-state index in [1.807, 2.05) is 43.5 Å². The fourth-order valence-corrected chi connectivity index (χ4v) is 4.22. The van der Waals surface area contributed by atoms with Gasteiger partial charge in [-0.3, -0.25) is 9.52 Å². The first-order valence-corrected chi connectivity index (χ1v) is 11.4. The van der Waals surface area contributed by atoms with E-state index in [1.54, 1.807) is 18.4 Å². The molecule has 0 spiro atoms. The molecular weight excluding hydrogens is 402 g/mol. The number of nitrogens with zero attached hydrogens (tertiary/aromatic N) is 2. The number of ether oxygens (including phenoxy) is 1. The predicted octanol–water partition coefficient (Wildman–Crippen LogP) is 4.72. The molecule has 0 fully saturated rings. The standard InChI is InChI=1S/C22H25N3O2S2/c1-16-20(21(26)24-28-3)23-22(29-16)25(15-18-8-5-4-6-9-18)13-12-17-10-7-11-19(14-17)27-2/h4-11,14H,12-13,15H2,1-3H3,(H,24,26). The molecule has 3 aromatic rings. The molecule has 5 nitrogen and oxygen atoms in total. The summed E-state index contributed by atoms with van der Waals surface area (Å²) in [6.07, 6.45) is 2.69. The number of rotatable bonds is 9. The first-order valence-electron chi connectivity index (χ1n) is 9.33. The minimum Gasteiger partial charge on any atom is -0.497 e. The summed E-state index contributed by atoms with van der Waals surface area (Å²) in [5, 5.41) is 0.862. The zero-order valence-electron chi connectivity index (χ0n) is 16.8. The van der Waals surface area contributed by atoms with Gasteiger partial charge in [0.05, 0.1) is 7.11 Å². The van der Waals surface area contributed by atoms with E-state index in [9.17, 15) is 4.79 Å². The molecule has 0 saturated carbocycles. The van der Waals surface area contributed by atoms with Crippen LogP contribution in [0.1, 0.15) is 26.5 Å². The monoisotopic (exact) mass is 427 g/mol. The lowest BCUT2D eigenvalue weighted by Gasteiger charge is -2.22. The molecule has 1 amide bonds. The Kier molecular flexibility index (Phi) is 7.55. The van der Waals surface area contributed by atoms with Gasteiger partial charge in [-0.05, 0) is 36.6 Å². The third-order valence-electron chi connectivity index (χ3n) is 4.49. The van der Waals surface area contributed by atoms with Gasteiger partial charge in [0.1, 0.15) is 11.4 Å². The van der Waals surface area contributed by atoms with E-state index in [4.69, 9.17) is 4.74 Å². The molecule has 0 unspecified atom stereocenters. The lowest BCUT2D eigenvalue weighted by molar-refractivity contribution is 0.0980. The Morgan fingerprint density at radius 3 is 2.66 bits per heavy atom. The second-order valence-corrected chi connectivity index (χ2v) is 8.34. The van der Waals surface area contributed by atoms with Crippen LogP contribution >= 0.6 is 23.3 Å². The van der Waals surface area contributed by atoms with Crippen molar-refractivity contribution in [1.82, 2.24) is 9.71 Å². The van der Waals surface area contributed by atoms with Gasteiger partial charge in [-0.2, -0.15) is 0 Å². The summed E-state index contributed by atoms with van der Waals surface area (Å²) in [7, 11) is 1.68. The molecule has 7 heteroatoms. The van der Waals surface area contributed by atoms with Gasteiger partial charge in [-0.15, -0.1) is 11.3 Å². The van der Waals surface area contributed by atoms with Crippen molar-refractivity contribution in [2.75, 3.05) is 24.8 Å². The maximum atomic E-state index is 12.3. The maximum absolute atomic E-state index is 12.3. The lowest BCUT2D eigenvalue weighted by Crippen LogP contribution is -2.25. The molecule has 0 saturated heterocycles. The molecule has 0 radical (unpaired) electrons. The Labute approximate surface area is 180 Å². The summed E-state index contributed by atoms with van der Waals surface area (Å²) in [5.74, 6) is 0.711. The second kappa shape index (κ2) is 10.3. The number of methoxy groups -OCH3 is 1. The van der Waals surface area contributed by atoms with Crippen LogP contribution < -0.4 is 14.4 Å². The normalized spacial score (nSPS) is 10.6. The highest BCUT2D eigenvalue weighted by Gasteiger charge is 2.19. The summed E-state index contributed by atoms with van der Waals surface area (Å²) in [6.45, 7) is 3.47. The average molecular weight is 428 g/mol. The number of aromatic nitrogens is 1. The smallest absolute Gasteiger partial charge is 0.280 e. The highest BCUT2D eigenvalue weighted by molar-refractivity contribution is 7.97. The molecule has 0 bridgehead atoms. The Hall–Kier alpha value is -2.51. The second-order valence-electron chi connectivity index (χ2n) is 6.55. The van der Waals surface area contributed by atoms with Crippen LogP contribution in [0.5, 0.6) is 5.75 Å². The number of amides is 1. The SMILES string of the molecule is COc1cccc(CCN(Cc2ccccc2)c2nc(C(=O)NSC)c(C)s2)c1. The van der Waals surface area contributed by atoms with E-state index < -0.39 is 0 Å². The number of benzene rings is 2. The minimum absolute atomic E-state index is 0.148. The van der Waals surface area contributed by atoms with Crippen molar-refractivity contribution in [3.63, 3.8) is 0 Å². The lowest BCUT2D eigenvalue weighted by atomic mass is 10.1. The highest BCUT2D eigenvalue weighted by atomic mass is 32.2. The molecule has 152 valence electrons. The van der Waals surface area contributed by atoms with Crippen molar-refractivity contribution >= 4 is 34.3 Å². The molecular formula is C22H25N3O2S2. The zero-order chi connectivity index (χ0) is 20.6. The number of carbonyl (C=O) groups is 1. The van der Waals surface area contributed by atoms with Crippen LogP contribution in [0.15, 0.2) is 54.6 Å². The fourth-order valence-electron chi connectivity index (χ4n) is 3.01.